The molecule has 7 heteroatoms. The van der Waals surface area contributed by atoms with Crippen LogP contribution in [-0.4, -0.2) is 75.5 Å². The van der Waals surface area contributed by atoms with Crippen molar-refractivity contribution in [2.45, 2.75) is 50.2 Å². The molecule has 0 saturated carbocycles. The van der Waals surface area contributed by atoms with Gasteiger partial charge in [-0.15, -0.1) is 0 Å². The van der Waals surface area contributed by atoms with Crippen LogP contribution in [0.5, 0.6) is 0 Å². The molecule has 1 unspecified atom stereocenters. The number of piperidine rings is 1. The molecule has 1 saturated heterocycles. The van der Waals surface area contributed by atoms with E-state index in [0.29, 0.717) is 6.54 Å². The highest BCUT2D eigenvalue weighted by Gasteiger charge is 2.34. The molecule has 124 valence electrons. The highest BCUT2D eigenvalue weighted by atomic mass is 79.9. The zero-order chi connectivity index (χ0) is 16.0. The third kappa shape index (κ3) is 6.10. The van der Waals surface area contributed by atoms with Gasteiger partial charge >= 0.3 is 6.09 Å². The van der Waals surface area contributed by atoms with Crippen LogP contribution in [0.4, 0.5) is 4.79 Å². The van der Waals surface area contributed by atoms with Crippen molar-refractivity contribution in [1.29, 1.82) is 0 Å². The van der Waals surface area contributed by atoms with E-state index in [4.69, 9.17) is 9.84 Å². The molecular weight excluding hydrogens is 340 g/mol. The molecule has 0 aromatic heterocycles. The summed E-state index contributed by atoms with van der Waals surface area (Å²) in [6.45, 7) is 7.80. The van der Waals surface area contributed by atoms with Crippen LogP contribution < -0.4 is 0 Å². The Balaban J connectivity index is 2.69. The van der Waals surface area contributed by atoms with Crippen LogP contribution in [0, 0.1) is 0 Å². The highest BCUT2D eigenvalue weighted by Crippen LogP contribution is 2.24. The van der Waals surface area contributed by atoms with Gasteiger partial charge in [0.2, 0.25) is 0 Å². The summed E-state index contributed by atoms with van der Waals surface area (Å²) in [5, 5.41) is 18.3. The second-order valence-electron chi connectivity index (χ2n) is 6.30. The number of ether oxygens (including phenoxy) is 1. The van der Waals surface area contributed by atoms with E-state index in [-0.39, 0.29) is 19.3 Å². The number of alkyl halides is 1. The van der Waals surface area contributed by atoms with Crippen LogP contribution >= 0.6 is 15.9 Å². The Bertz CT molecular complexity index is 327. The number of aliphatic hydroxyl groups is 2. The van der Waals surface area contributed by atoms with Gasteiger partial charge in [-0.05, 0) is 33.6 Å². The van der Waals surface area contributed by atoms with Crippen molar-refractivity contribution in [2.24, 2.45) is 0 Å². The van der Waals surface area contributed by atoms with Gasteiger partial charge in [-0.3, -0.25) is 4.90 Å². The molecule has 1 aliphatic rings. The van der Waals surface area contributed by atoms with Gasteiger partial charge in [0.25, 0.3) is 0 Å². The van der Waals surface area contributed by atoms with Crippen molar-refractivity contribution < 1.29 is 19.7 Å². The van der Waals surface area contributed by atoms with Crippen molar-refractivity contribution in [3.8, 4) is 0 Å². The number of hydrogen-bond donors (Lipinski definition) is 2. The number of carbonyl (C=O) groups excluding carboxylic acids is 1. The lowest BCUT2D eigenvalue weighted by Gasteiger charge is -2.40. The topological polar surface area (TPSA) is 73.2 Å². The van der Waals surface area contributed by atoms with E-state index in [1.807, 2.05) is 20.8 Å². The van der Waals surface area contributed by atoms with Crippen molar-refractivity contribution >= 4 is 22.0 Å². The predicted molar refractivity (Wildman–Crippen MR) is 84.4 cm³/mol. The smallest absolute Gasteiger partial charge is 0.411 e. The zero-order valence-electron chi connectivity index (χ0n) is 13.1. The number of rotatable bonds is 5. The van der Waals surface area contributed by atoms with Crippen LogP contribution in [0.1, 0.15) is 33.6 Å². The summed E-state index contributed by atoms with van der Waals surface area (Å²) in [7, 11) is 0. The fourth-order valence-electron chi connectivity index (χ4n) is 2.46. The van der Waals surface area contributed by atoms with E-state index in [1.165, 1.54) is 0 Å². The number of halogens is 1. The largest absolute Gasteiger partial charge is 0.444 e. The summed E-state index contributed by atoms with van der Waals surface area (Å²) < 4.78 is 5.44. The van der Waals surface area contributed by atoms with E-state index in [2.05, 4.69) is 20.8 Å². The lowest BCUT2D eigenvalue weighted by Crippen LogP contribution is -2.52. The van der Waals surface area contributed by atoms with Crippen LogP contribution in [0.3, 0.4) is 0 Å². The molecule has 2 N–H and O–H groups in total. The van der Waals surface area contributed by atoms with E-state index >= 15 is 0 Å². The first-order valence-electron chi connectivity index (χ1n) is 7.38. The molecule has 0 radical (unpaired) electrons. The molecule has 0 aromatic carbocycles. The van der Waals surface area contributed by atoms with Gasteiger partial charge in [-0.25, -0.2) is 4.79 Å². The number of β-amino-alcohol motifs (C(OH)–C–C–N with tert-alkyl or cyclic N) is 1. The second kappa shape index (κ2) is 8.31. The van der Waals surface area contributed by atoms with Gasteiger partial charge in [-0.2, -0.15) is 0 Å². The lowest BCUT2D eigenvalue weighted by molar-refractivity contribution is -0.0000244. The third-order valence-electron chi connectivity index (χ3n) is 3.42. The minimum atomic E-state index is -0.560. The maximum absolute atomic E-state index is 12.4. The quantitative estimate of drug-likeness (QED) is 0.568. The molecule has 0 bridgehead atoms. The van der Waals surface area contributed by atoms with Gasteiger partial charge in [0, 0.05) is 25.7 Å². The summed E-state index contributed by atoms with van der Waals surface area (Å²) in [6.07, 6.45) is 1.21. The summed E-state index contributed by atoms with van der Waals surface area (Å²) in [4.78, 5) is 15.7. The Morgan fingerprint density at radius 3 is 2.38 bits per heavy atom. The zero-order valence-corrected chi connectivity index (χ0v) is 14.7. The number of hydrogen-bond acceptors (Lipinski definition) is 5. The Morgan fingerprint density at radius 2 is 1.95 bits per heavy atom. The molecule has 1 fully saturated rings. The monoisotopic (exact) mass is 366 g/mol. The summed E-state index contributed by atoms with van der Waals surface area (Å²) in [5.41, 5.74) is -0.560. The summed E-state index contributed by atoms with van der Waals surface area (Å²) in [6, 6.07) is 0.0336. The number of amides is 1. The van der Waals surface area contributed by atoms with Gasteiger partial charge < -0.3 is 19.8 Å². The van der Waals surface area contributed by atoms with Gasteiger partial charge in [-0.1, -0.05) is 15.9 Å². The minimum absolute atomic E-state index is 0.0336. The number of aliphatic hydroxyl groups excluding tert-OH is 2. The highest BCUT2D eigenvalue weighted by molar-refractivity contribution is 9.09. The average Bonchev–Trinajstić information content (AvgIpc) is 2.39. The average molecular weight is 367 g/mol. The third-order valence-corrected chi connectivity index (χ3v) is 4.15. The summed E-state index contributed by atoms with van der Waals surface area (Å²) >= 11 is 3.35. The van der Waals surface area contributed by atoms with Gasteiger partial charge in [0.05, 0.1) is 13.2 Å². The van der Waals surface area contributed by atoms with Gasteiger partial charge in [0.15, 0.2) is 0 Å². The van der Waals surface area contributed by atoms with E-state index in [0.717, 1.165) is 25.9 Å². The molecule has 0 spiro atoms. The maximum Gasteiger partial charge on any atom is 0.411 e. The molecule has 1 amide bonds. The molecule has 21 heavy (non-hydrogen) atoms. The SMILES string of the molecule is CC(C)(C)OC(=O)N(C(Br)CO)C1CCN(CCO)CC1. The molecule has 0 aliphatic carbocycles. The molecule has 1 aliphatic heterocycles. The van der Waals surface area contributed by atoms with Crippen LogP contribution in [0.2, 0.25) is 0 Å². The fraction of sp³-hybridized carbons (Fsp3) is 0.929. The first-order chi connectivity index (χ1) is 9.78. The van der Waals surface area contributed by atoms with Crippen molar-refractivity contribution in [2.75, 3.05) is 32.8 Å². The summed E-state index contributed by atoms with van der Waals surface area (Å²) in [5.74, 6) is 0. The number of likely N-dealkylation sites (tertiary alicyclic amines) is 1. The number of carbonyl (C=O) groups is 1. The first kappa shape index (κ1) is 18.7. The molecular formula is C14H27BrN2O4. The second-order valence-corrected chi connectivity index (χ2v) is 7.36. The Kier molecular flexibility index (Phi) is 7.39. The van der Waals surface area contributed by atoms with Crippen molar-refractivity contribution in [1.82, 2.24) is 9.80 Å². The fourth-order valence-corrected chi connectivity index (χ4v) is 2.96. The van der Waals surface area contributed by atoms with E-state index < -0.39 is 16.6 Å². The van der Waals surface area contributed by atoms with Crippen LogP contribution in [0.15, 0.2) is 0 Å². The van der Waals surface area contributed by atoms with Crippen molar-refractivity contribution in [3.05, 3.63) is 0 Å². The molecule has 1 heterocycles. The Hall–Kier alpha value is -0.370. The molecule has 6 nitrogen and oxygen atoms in total. The van der Waals surface area contributed by atoms with Gasteiger partial charge in [0.1, 0.15) is 10.6 Å². The molecule has 0 aromatic rings. The predicted octanol–water partition coefficient (Wildman–Crippen LogP) is 1.39. The Morgan fingerprint density at radius 1 is 1.38 bits per heavy atom. The van der Waals surface area contributed by atoms with Crippen LogP contribution in [-0.2, 0) is 4.74 Å². The Labute approximate surface area is 135 Å². The number of nitrogens with zero attached hydrogens (tertiary/aromatic N) is 2. The maximum atomic E-state index is 12.4. The molecule has 1 atom stereocenters. The normalized spacial score (nSPS) is 19.3. The lowest BCUT2D eigenvalue weighted by atomic mass is 10.0. The standard InChI is InChI=1S/C14H27BrN2O4/c1-14(2,3)21-13(20)17(12(15)10-19)11-4-6-16(7-5-11)8-9-18/h11-12,18-19H,4-10H2,1-3H3. The molecule has 1 rings (SSSR count). The first-order valence-corrected chi connectivity index (χ1v) is 8.29. The minimum Gasteiger partial charge on any atom is -0.444 e. The van der Waals surface area contributed by atoms with Crippen molar-refractivity contribution in [3.63, 3.8) is 0 Å². The van der Waals surface area contributed by atoms with E-state index in [1.54, 1.807) is 4.90 Å². The van der Waals surface area contributed by atoms with E-state index in [9.17, 15) is 9.90 Å². The van der Waals surface area contributed by atoms with Crippen LogP contribution in [0.25, 0.3) is 0 Å².